The smallest absolute Gasteiger partial charge is 0.311 e. The second kappa shape index (κ2) is 6.38. The minimum atomic E-state index is -2.00. The molecule has 1 heterocycles. The minimum absolute atomic E-state index is 0.0402. The highest BCUT2D eigenvalue weighted by Crippen LogP contribution is 2.41. The quantitative estimate of drug-likeness (QED) is 0.446. The molecule has 0 bridgehead atoms. The molecule has 0 amide bonds. The highest BCUT2D eigenvalue weighted by Gasteiger charge is 2.47. The van der Waals surface area contributed by atoms with E-state index in [0.29, 0.717) is 0 Å². The van der Waals surface area contributed by atoms with E-state index in [0.717, 1.165) is 0 Å². The molecule has 1 rings (SSSR count). The van der Waals surface area contributed by atoms with Crippen molar-refractivity contribution in [1.82, 2.24) is 0 Å². The second-order valence-electron chi connectivity index (χ2n) is 7.53. The van der Waals surface area contributed by atoms with Crippen molar-refractivity contribution in [2.45, 2.75) is 71.4 Å². The zero-order valence-electron chi connectivity index (χ0n) is 14.0. The van der Waals surface area contributed by atoms with E-state index in [-0.39, 0.29) is 35.4 Å². The second-order valence-corrected chi connectivity index (χ2v) is 12.7. The van der Waals surface area contributed by atoms with Crippen LogP contribution in [-0.4, -0.2) is 31.7 Å². The third kappa shape index (κ3) is 4.30. The molecule has 1 aliphatic rings. The van der Waals surface area contributed by atoms with Crippen LogP contribution >= 0.6 is 11.6 Å². The molecule has 0 saturated carbocycles. The van der Waals surface area contributed by atoms with Gasteiger partial charge in [0.05, 0.1) is 18.4 Å². The summed E-state index contributed by atoms with van der Waals surface area (Å²) in [6, 6.07) is 0. The maximum atomic E-state index is 12.0. The third-order valence-corrected chi connectivity index (χ3v) is 9.46. The van der Waals surface area contributed by atoms with Crippen LogP contribution in [0.1, 0.15) is 41.0 Å². The first-order valence-electron chi connectivity index (χ1n) is 7.43. The molecular formula is C15H27ClO4Si. The van der Waals surface area contributed by atoms with Crippen LogP contribution in [0.4, 0.5) is 0 Å². The molecule has 0 aromatic carbocycles. The molecule has 4 nitrogen and oxygen atoms in total. The van der Waals surface area contributed by atoms with Crippen molar-refractivity contribution in [2.75, 3.05) is 0 Å². The summed E-state index contributed by atoms with van der Waals surface area (Å²) in [5, 5.41) is -0.425. The van der Waals surface area contributed by atoms with Crippen LogP contribution in [0.15, 0.2) is 0 Å². The number of carbonyl (C=O) groups is 2. The van der Waals surface area contributed by atoms with Crippen molar-refractivity contribution in [3.05, 3.63) is 0 Å². The van der Waals surface area contributed by atoms with E-state index in [9.17, 15) is 9.59 Å². The lowest BCUT2D eigenvalue weighted by atomic mass is 9.85. The molecule has 21 heavy (non-hydrogen) atoms. The summed E-state index contributed by atoms with van der Waals surface area (Å²) in [7, 11) is -2.00. The van der Waals surface area contributed by atoms with Crippen molar-refractivity contribution < 1.29 is 18.8 Å². The van der Waals surface area contributed by atoms with Gasteiger partial charge in [-0.05, 0) is 36.7 Å². The molecule has 0 N–H and O–H groups in total. The predicted molar refractivity (Wildman–Crippen MR) is 85.8 cm³/mol. The lowest BCUT2D eigenvalue weighted by molar-refractivity contribution is -0.176. The molecule has 6 heteroatoms. The van der Waals surface area contributed by atoms with Gasteiger partial charge in [0.15, 0.2) is 8.32 Å². The van der Waals surface area contributed by atoms with Crippen molar-refractivity contribution >= 4 is 31.1 Å². The molecule has 0 spiro atoms. The highest BCUT2D eigenvalue weighted by atomic mass is 35.5. The minimum Gasteiger partial charge on any atom is -0.461 e. The van der Waals surface area contributed by atoms with Gasteiger partial charge in [-0.25, -0.2) is 0 Å². The fourth-order valence-electron chi connectivity index (χ4n) is 2.28. The molecule has 4 atom stereocenters. The van der Waals surface area contributed by atoms with Gasteiger partial charge < -0.3 is 9.16 Å². The first-order chi connectivity index (χ1) is 9.36. The Morgan fingerprint density at radius 2 is 1.86 bits per heavy atom. The fraction of sp³-hybridized carbons (Fsp3) is 0.867. The standard InChI is InChI=1S/C15H27ClO4Si/c1-9-11(8-12(16)17)19-14(18)10(2)13(9)20-21(6,7)15(3,4)5/h9-11,13H,8H2,1-7H3/t9-,10+,11-,13-/m0/s1. The van der Waals surface area contributed by atoms with E-state index in [1.807, 2.05) is 13.8 Å². The monoisotopic (exact) mass is 334 g/mol. The molecule has 1 aliphatic heterocycles. The normalized spacial score (nSPS) is 31.0. The van der Waals surface area contributed by atoms with Crippen LogP contribution in [0, 0.1) is 11.8 Å². The molecule has 1 fully saturated rings. The Kier molecular flexibility index (Phi) is 5.67. The van der Waals surface area contributed by atoms with E-state index >= 15 is 0 Å². The van der Waals surface area contributed by atoms with E-state index < -0.39 is 19.7 Å². The summed E-state index contributed by atoms with van der Waals surface area (Å²) >= 11 is 5.45. The number of carbonyl (C=O) groups excluding carboxylic acids is 2. The summed E-state index contributed by atoms with van der Waals surface area (Å²) in [4.78, 5) is 23.2. The van der Waals surface area contributed by atoms with Crippen LogP contribution in [0.3, 0.4) is 0 Å². The lowest BCUT2D eigenvalue weighted by Crippen LogP contribution is -2.54. The Hall–Kier alpha value is -0.393. The third-order valence-electron chi connectivity index (χ3n) is 4.84. The van der Waals surface area contributed by atoms with Crippen LogP contribution in [0.25, 0.3) is 0 Å². The Morgan fingerprint density at radius 1 is 1.33 bits per heavy atom. The van der Waals surface area contributed by atoms with Gasteiger partial charge in [0, 0.05) is 5.92 Å². The first-order valence-corrected chi connectivity index (χ1v) is 10.7. The van der Waals surface area contributed by atoms with Crippen molar-refractivity contribution in [3.63, 3.8) is 0 Å². The number of halogens is 1. The van der Waals surface area contributed by atoms with Crippen LogP contribution in [0.5, 0.6) is 0 Å². The van der Waals surface area contributed by atoms with E-state index in [2.05, 4.69) is 33.9 Å². The molecule has 0 unspecified atom stereocenters. The van der Waals surface area contributed by atoms with Gasteiger partial charge >= 0.3 is 5.97 Å². The number of cyclic esters (lactones) is 1. The van der Waals surface area contributed by atoms with Crippen LogP contribution in [0.2, 0.25) is 18.1 Å². The average molecular weight is 335 g/mol. The van der Waals surface area contributed by atoms with E-state index in [4.69, 9.17) is 20.8 Å². The number of hydrogen-bond donors (Lipinski definition) is 0. The van der Waals surface area contributed by atoms with Gasteiger partial charge in [0.2, 0.25) is 5.24 Å². The van der Waals surface area contributed by atoms with Gasteiger partial charge in [-0.1, -0.05) is 27.7 Å². The maximum Gasteiger partial charge on any atom is 0.311 e. The summed E-state index contributed by atoms with van der Waals surface area (Å²) < 4.78 is 11.8. The number of ether oxygens (including phenoxy) is 1. The van der Waals surface area contributed by atoms with Gasteiger partial charge in [-0.2, -0.15) is 0 Å². The Morgan fingerprint density at radius 3 is 2.29 bits per heavy atom. The lowest BCUT2D eigenvalue weighted by Gasteiger charge is -2.45. The predicted octanol–water partition coefficient (Wildman–Crippen LogP) is 3.73. The molecular weight excluding hydrogens is 308 g/mol. The number of esters is 1. The first kappa shape index (κ1) is 18.7. The Balaban J connectivity index is 2.96. The van der Waals surface area contributed by atoms with Crippen molar-refractivity contribution in [1.29, 1.82) is 0 Å². The molecule has 1 saturated heterocycles. The van der Waals surface area contributed by atoms with Gasteiger partial charge in [0.25, 0.3) is 0 Å². The molecule has 0 aliphatic carbocycles. The van der Waals surface area contributed by atoms with Gasteiger partial charge in [-0.3, -0.25) is 9.59 Å². The summed E-state index contributed by atoms with van der Waals surface area (Å²) in [6.45, 7) is 14.6. The molecule has 0 aromatic heterocycles. The Labute approximate surface area is 133 Å². The van der Waals surface area contributed by atoms with E-state index in [1.54, 1.807) is 0 Å². The zero-order valence-corrected chi connectivity index (χ0v) is 15.8. The van der Waals surface area contributed by atoms with Crippen molar-refractivity contribution in [2.24, 2.45) is 11.8 Å². The largest absolute Gasteiger partial charge is 0.461 e. The Bertz CT molecular complexity index is 416. The fourth-order valence-corrected chi connectivity index (χ4v) is 3.88. The number of rotatable bonds is 4. The summed E-state index contributed by atoms with van der Waals surface area (Å²) in [5.41, 5.74) is 0. The van der Waals surface area contributed by atoms with E-state index in [1.165, 1.54) is 0 Å². The summed E-state index contributed by atoms with van der Waals surface area (Å²) in [6.07, 6.45) is -0.680. The van der Waals surface area contributed by atoms with Crippen LogP contribution in [-0.2, 0) is 18.8 Å². The molecule has 0 aromatic rings. The average Bonchev–Trinajstić information content (AvgIpc) is 2.29. The van der Waals surface area contributed by atoms with Gasteiger partial charge in [-0.15, -0.1) is 0 Å². The highest BCUT2D eigenvalue weighted by molar-refractivity contribution is 6.74. The molecule has 122 valence electrons. The van der Waals surface area contributed by atoms with Crippen LogP contribution < -0.4 is 0 Å². The zero-order chi connectivity index (χ0) is 16.6. The topological polar surface area (TPSA) is 52.6 Å². The number of hydrogen-bond acceptors (Lipinski definition) is 4. The molecule has 0 radical (unpaired) electrons. The van der Waals surface area contributed by atoms with Gasteiger partial charge in [0.1, 0.15) is 6.10 Å². The maximum absolute atomic E-state index is 12.0. The summed E-state index contributed by atoms with van der Waals surface area (Å²) in [5.74, 6) is -0.676. The van der Waals surface area contributed by atoms with Crippen molar-refractivity contribution in [3.8, 4) is 0 Å². The SMILES string of the molecule is C[C@@H]1[C@H](O[Si](C)(C)C(C)(C)C)[C@@H](C)C(=O)O[C@H]1CC(=O)Cl.